The summed E-state index contributed by atoms with van der Waals surface area (Å²) in [6, 6.07) is 4.56. The summed E-state index contributed by atoms with van der Waals surface area (Å²) >= 11 is 0. The van der Waals surface area contributed by atoms with Crippen molar-refractivity contribution in [2.45, 2.75) is 6.54 Å². The Morgan fingerprint density at radius 3 is 2.85 bits per heavy atom. The molecule has 20 heavy (non-hydrogen) atoms. The van der Waals surface area contributed by atoms with Gasteiger partial charge in [0, 0.05) is 32.9 Å². The van der Waals surface area contributed by atoms with Crippen LogP contribution in [0.5, 0.6) is 0 Å². The molecule has 0 aliphatic rings. The highest BCUT2D eigenvalue weighted by Gasteiger charge is 2.11. The molecule has 0 spiro atoms. The Morgan fingerprint density at radius 2 is 2.20 bits per heavy atom. The Balaban J connectivity index is 2.66. The second-order valence-corrected chi connectivity index (χ2v) is 4.50. The van der Waals surface area contributed by atoms with Gasteiger partial charge in [-0.25, -0.2) is 4.39 Å². The van der Waals surface area contributed by atoms with Crippen molar-refractivity contribution in [2.24, 2.45) is 0 Å². The van der Waals surface area contributed by atoms with Crippen LogP contribution in [0.4, 0.5) is 10.1 Å². The van der Waals surface area contributed by atoms with Crippen LogP contribution in [0, 0.1) is 5.82 Å². The summed E-state index contributed by atoms with van der Waals surface area (Å²) in [4.78, 5) is 13.5. The van der Waals surface area contributed by atoms with Gasteiger partial charge >= 0.3 is 0 Å². The predicted octanol–water partition coefficient (Wildman–Crippen LogP) is 0.744. The predicted molar refractivity (Wildman–Crippen MR) is 77.3 cm³/mol. The van der Waals surface area contributed by atoms with Crippen molar-refractivity contribution in [3.63, 3.8) is 0 Å². The normalized spacial score (nSPS) is 10.4. The fourth-order valence-electron chi connectivity index (χ4n) is 1.91. The quantitative estimate of drug-likeness (QED) is 0.691. The van der Waals surface area contributed by atoms with Gasteiger partial charge in [-0.05, 0) is 30.8 Å². The second-order valence-electron chi connectivity index (χ2n) is 4.50. The minimum atomic E-state index is -0.281. The van der Waals surface area contributed by atoms with Crippen LogP contribution in [-0.4, -0.2) is 46.8 Å². The minimum Gasteiger partial charge on any atom is -0.383 e. The molecule has 1 amide bonds. The molecule has 0 saturated heterocycles. The van der Waals surface area contributed by atoms with E-state index in [1.807, 2.05) is 7.05 Å². The highest BCUT2D eigenvalue weighted by Crippen LogP contribution is 2.20. The highest BCUT2D eigenvalue weighted by atomic mass is 19.1. The first-order valence-electron chi connectivity index (χ1n) is 6.48. The lowest BCUT2D eigenvalue weighted by atomic mass is 10.1. The van der Waals surface area contributed by atoms with E-state index in [1.165, 1.54) is 12.1 Å². The number of nitrogens with one attached hydrogen (secondary N) is 2. The molecule has 112 valence electrons. The highest BCUT2D eigenvalue weighted by molar-refractivity contribution is 5.81. The summed E-state index contributed by atoms with van der Waals surface area (Å²) in [5, 5.41) is 5.74. The topological polar surface area (TPSA) is 53.6 Å². The fourth-order valence-corrected chi connectivity index (χ4v) is 1.91. The van der Waals surface area contributed by atoms with E-state index in [0.717, 1.165) is 11.3 Å². The molecule has 1 rings (SSSR count). The van der Waals surface area contributed by atoms with E-state index in [0.29, 0.717) is 19.7 Å². The fraction of sp³-hybridized carbons (Fsp3) is 0.500. The second kappa shape index (κ2) is 8.50. The molecule has 1 aromatic carbocycles. The summed E-state index contributed by atoms with van der Waals surface area (Å²) in [5.74, 6) is -0.374. The number of anilines is 1. The first kappa shape index (κ1) is 16.4. The van der Waals surface area contributed by atoms with Crippen LogP contribution < -0.4 is 15.5 Å². The van der Waals surface area contributed by atoms with Crippen LogP contribution in [0.3, 0.4) is 0 Å². The Hall–Kier alpha value is -1.66. The zero-order valence-electron chi connectivity index (χ0n) is 12.2. The lowest BCUT2D eigenvalue weighted by Gasteiger charge is -2.22. The maximum atomic E-state index is 13.3. The molecule has 0 unspecified atom stereocenters. The van der Waals surface area contributed by atoms with Gasteiger partial charge in [0.2, 0.25) is 5.91 Å². The number of amides is 1. The molecule has 0 aliphatic carbocycles. The van der Waals surface area contributed by atoms with Crippen LogP contribution in [0.25, 0.3) is 0 Å². The number of ether oxygens (including phenoxy) is 1. The molecule has 0 bridgehead atoms. The zero-order chi connectivity index (χ0) is 15.0. The van der Waals surface area contributed by atoms with Crippen LogP contribution in [0.15, 0.2) is 18.2 Å². The van der Waals surface area contributed by atoms with E-state index in [9.17, 15) is 9.18 Å². The molecular weight excluding hydrogens is 261 g/mol. The van der Waals surface area contributed by atoms with E-state index < -0.39 is 0 Å². The number of nitrogens with zero attached hydrogens (tertiary/aromatic N) is 1. The SMILES string of the molecule is CNCc1cc(F)ccc1N(C)CC(=O)NCCOC. The van der Waals surface area contributed by atoms with Crippen LogP contribution >= 0.6 is 0 Å². The summed E-state index contributed by atoms with van der Waals surface area (Å²) in [6.45, 7) is 1.72. The molecule has 0 saturated carbocycles. The van der Waals surface area contributed by atoms with Crippen molar-refractivity contribution in [2.75, 3.05) is 45.8 Å². The summed E-state index contributed by atoms with van der Waals surface area (Å²) in [6.07, 6.45) is 0. The van der Waals surface area contributed by atoms with Crippen LogP contribution in [0.1, 0.15) is 5.56 Å². The van der Waals surface area contributed by atoms with E-state index in [4.69, 9.17) is 4.74 Å². The van der Waals surface area contributed by atoms with Gasteiger partial charge in [-0.2, -0.15) is 0 Å². The molecule has 0 heterocycles. The van der Waals surface area contributed by atoms with Gasteiger partial charge in [-0.1, -0.05) is 0 Å². The number of halogens is 1. The number of methoxy groups -OCH3 is 1. The van der Waals surface area contributed by atoms with E-state index in [2.05, 4.69) is 10.6 Å². The smallest absolute Gasteiger partial charge is 0.239 e. The average Bonchev–Trinajstić information content (AvgIpc) is 2.39. The molecular formula is C14H22FN3O2. The van der Waals surface area contributed by atoms with Gasteiger partial charge in [-0.15, -0.1) is 0 Å². The summed E-state index contributed by atoms with van der Waals surface area (Å²) in [5.41, 5.74) is 1.65. The third kappa shape index (κ3) is 5.14. The standard InChI is InChI=1S/C14H22FN3O2/c1-16-9-11-8-12(15)4-5-13(11)18(2)10-14(19)17-6-7-20-3/h4-5,8,16H,6-7,9-10H2,1-3H3,(H,17,19). The van der Waals surface area contributed by atoms with Gasteiger partial charge in [-0.3, -0.25) is 4.79 Å². The van der Waals surface area contributed by atoms with E-state index in [1.54, 1.807) is 25.1 Å². The van der Waals surface area contributed by atoms with Crippen molar-refractivity contribution in [1.29, 1.82) is 0 Å². The van der Waals surface area contributed by atoms with Crippen molar-refractivity contribution in [3.05, 3.63) is 29.6 Å². The number of carbonyl (C=O) groups is 1. The maximum absolute atomic E-state index is 13.3. The van der Waals surface area contributed by atoms with Crippen molar-refractivity contribution in [3.8, 4) is 0 Å². The Kier molecular flexibility index (Phi) is 6.97. The largest absolute Gasteiger partial charge is 0.383 e. The van der Waals surface area contributed by atoms with E-state index >= 15 is 0 Å². The number of likely N-dealkylation sites (N-methyl/N-ethyl adjacent to an activating group) is 1. The number of hydrogen-bond acceptors (Lipinski definition) is 4. The summed E-state index contributed by atoms with van der Waals surface area (Å²) < 4.78 is 18.1. The molecule has 0 aromatic heterocycles. The van der Waals surface area contributed by atoms with Gasteiger partial charge in [0.25, 0.3) is 0 Å². The van der Waals surface area contributed by atoms with Gasteiger partial charge in [0.1, 0.15) is 5.82 Å². The Bertz CT molecular complexity index is 440. The van der Waals surface area contributed by atoms with Crippen molar-refractivity contribution >= 4 is 11.6 Å². The van der Waals surface area contributed by atoms with Gasteiger partial charge in [0.15, 0.2) is 0 Å². The lowest BCUT2D eigenvalue weighted by Crippen LogP contribution is -2.37. The molecule has 5 nitrogen and oxygen atoms in total. The molecule has 2 N–H and O–H groups in total. The third-order valence-electron chi connectivity index (χ3n) is 2.83. The average molecular weight is 283 g/mol. The molecule has 0 atom stereocenters. The number of benzene rings is 1. The molecule has 0 radical (unpaired) electrons. The van der Waals surface area contributed by atoms with Crippen molar-refractivity contribution < 1.29 is 13.9 Å². The zero-order valence-corrected chi connectivity index (χ0v) is 12.2. The first-order chi connectivity index (χ1) is 9.58. The number of hydrogen-bond donors (Lipinski definition) is 2. The summed E-state index contributed by atoms with van der Waals surface area (Å²) in [7, 11) is 5.19. The van der Waals surface area contributed by atoms with Gasteiger partial charge < -0.3 is 20.3 Å². The molecule has 6 heteroatoms. The monoisotopic (exact) mass is 283 g/mol. The van der Waals surface area contributed by atoms with Crippen LogP contribution in [0.2, 0.25) is 0 Å². The maximum Gasteiger partial charge on any atom is 0.239 e. The Labute approximate surface area is 119 Å². The van der Waals surface area contributed by atoms with Crippen molar-refractivity contribution in [1.82, 2.24) is 10.6 Å². The first-order valence-corrected chi connectivity index (χ1v) is 6.48. The van der Waals surface area contributed by atoms with Crippen LogP contribution in [-0.2, 0) is 16.1 Å². The third-order valence-corrected chi connectivity index (χ3v) is 2.83. The van der Waals surface area contributed by atoms with E-state index in [-0.39, 0.29) is 18.3 Å². The molecule has 1 aromatic rings. The number of rotatable bonds is 8. The van der Waals surface area contributed by atoms with Gasteiger partial charge in [0.05, 0.1) is 13.2 Å². The lowest BCUT2D eigenvalue weighted by molar-refractivity contribution is -0.119. The minimum absolute atomic E-state index is 0.0933. The molecule has 0 fully saturated rings. The number of carbonyl (C=O) groups excluding carboxylic acids is 1. The Morgan fingerprint density at radius 1 is 1.45 bits per heavy atom. The molecule has 0 aliphatic heterocycles.